The molecule has 0 bridgehead atoms. The molecule has 2 aromatic carbocycles. The van der Waals surface area contributed by atoms with Crippen LogP contribution in [0, 0.1) is 6.92 Å². The standard InChI is InChI=1S/C19H20N4OS/c1-13-10-11-17(24-2)16(12-13)23-19(20-21-22-23)25-18-9-5-7-14-6-3-4-8-15(14)18/h3-4,6,8,10-12,18H,5,7,9H2,1-2H3. The number of nitrogens with zero attached hydrogens (tertiary/aromatic N) is 4. The first kappa shape index (κ1) is 16.1. The molecule has 128 valence electrons. The summed E-state index contributed by atoms with van der Waals surface area (Å²) in [5.41, 5.74) is 4.87. The molecule has 25 heavy (non-hydrogen) atoms. The fourth-order valence-electron chi connectivity index (χ4n) is 3.33. The Hall–Kier alpha value is -2.34. The van der Waals surface area contributed by atoms with E-state index in [1.165, 1.54) is 17.5 Å². The summed E-state index contributed by atoms with van der Waals surface area (Å²) in [7, 11) is 1.67. The van der Waals surface area contributed by atoms with Gasteiger partial charge in [0.05, 0.1) is 7.11 Å². The van der Waals surface area contributed by atoms with Gasteiger partial charge in [-0.1, -0.05) is 42.1 Å². The molecule has 1 aromatic heterocycles. The molecule has 6 heteroatoms. The number of tetrazole rings is 1. The van der Waals surface area contributed by atoms with Crippen LogP contribution in [0.4, 0.5) is 0 Å². The topological polar surface area (TPSA) is 52.8 Å². The SMILES string of the molecule is COc1ccc(C)cc1-n1nnnc1SC1CCCc2ccccc21. The Kier molecular flexibility index (Phi) is 4.44. The fraction of sp³-hybridized carbons (Fsp3) is 0.316. The maximum absolute atomic E-state index is 5.50. The zero-order valence-corrected chi connectivity index (χ0v) is 15.2. The average molecular weight is 352 g/mol. The minimum absolute atomic E-state index is 0.380. The van der Waals surface area contributed by atoms with E-state index in [1.54, 1.807) is 23.6 Å². The van der Waals surface area contributed by atoms with E-state index in [2.05, 4.69) is 46.7 Å². The lowest BCUT2D eigenvalue weighted by Crippen LogP contribution is -2.09. The first-order valence-electron chi connectivity index (χ1n) is 8.44. The van der Waals surface area contributed by atoms with Crippen LogP contribution in [-0.4, -0.2) is 27.3 Å². The number of thioether (sulfide) groups is 1. The number of methoxy groups -OCH3 is 1. The highest BCUT2D eigenvalue weighted by Gasteiger charge is 2.24. The Bertz CT molecular complexity index is 893. The Morgan fingerprint density at radius 1 is 1.20 bits per heavy atom. The maximum Gasteiger partial charge on any atom is 0.214 e. The zero-order valence-electron chi connectivity index (χ0n) is 14.3. The van der Waals surface area contributed by atoms with Gasteiger partial charge in [-0.3, -0.25) is 0 Å². The van der Waals surface area contributed by atoms with Crippen LogP contribution < -0.4 is 4.74 Å². The van der Waals surface area contributed by atoms with E-state index in [0.717, 1.165) is 35.0 Å². The molecule has 0 aliphatic heterocycles. The zero-order chi connectivity index (χ0) is 17.2. The quantitative estimate of drug-likeness (QED) is 0.706. The average Bonchev–Trinajstić information content (AvgIpc) is 3.10. The molecule has 0 fully saturated rings. The van der Waals surface area contributed by atoms with Gasteiger partial charge in [-0.25, -0.2) is 0 Å². The highest BCUT2D eigenvalue weighted by molar-refractivity contribution is 7.99. The first-order valence-corrected chi connectivity index (χ1v) is 9.32. The summed E-state index contributed by atoms with van der Waals surface area (Å²) in [4.78, 5) is 0. The van der Waals surface area contributed by atoms with Crippen molar-refractivity contribution in [3.8, 4) is 11.4 Å². The Morgan fingerprint density at radius 3 is 2.96 bits per heavy atom. The number of fused-ring (bicyclic) bond motifs is 1. The molecule has 1 unspecified atom stereocenters. The normalized spacial score (nSPS) is 16.5. The Balaban J connectivity index is 1.69. The molecule has 4 rings (SSSR count). The van der Waals surface area contributed by atoms with Crippen molar-refractivity contribution in [1.82, 2.24) is 20.2 Å². The van der Waals surface area contributed by atoms with Crippen LogP contribution in [0.15, 0.2) is 47.6 Å². The van der Waals surface area contributed by atoms with Crippen LogP contribution in [0.25, 0.3) is 5.69 Å². The van der Waals surface area contributed by atoms with Gasteiger partial charge in [-0.15, -0.1) is 5.10 Å². The van der Waals surface area contributed by atoms with Gasteiger partial charge in [0.25, 0.3) is 0 Å². The van der Waals surface area contributed by atoms with Crippen molar-refractivity contribution >= 4 is 11.8 Å². The lowest BCUT2D eigenvalue weighted by Gasteiger charge is -2.24. The summed E-state index contributed by atoms with van der Waals surface area (Å²) in [6.07, 6.45) is 3.49. The fourth-order valence-corrected chi connectivity index (χ4v) is 4.54. The summed E-state index contributed by atoms with van der Waals surface area (Å²) in [6, 6.07) is 14.7. The van der Waals surface area contributed by atoms with Crippen molar-refractivity contribution in [2.45, 2.75) is 36.6 Å². The molecule has 3 aromatic rings. The van der Waals surface area contributed by atoms with Crippen LogP contribution in [0.1, 0.15) is 34.8 Å². The molecule has 1 heterocycles. The molecule has 1 aliphatic carbocycles. The third-order valence-corrected chi connectivity index (χ3v) is 5.81. The molecule has 1 atom stereocenters. The first-order chi connectivity index (χ1) is 12.3. The van der Waals surface area contributed by atoms with Gasteiger partial charge in [0.1, 0.15) is 11.4 Å². The highest BCUT2D eigenvalue weighted by atomic mass is 32.2. The minimum Gasteiger partial charge on any atom is -0.494 e. The van der Waals surface area contributed by atoms with Crippen LogP contribution in [-0.2, 0) is 6.42 Å². The molecule has 1 aliphatic rings. The van der Waals surface area contributed by atoms with Crippen LogP contribution in [0.3, 0.4) is 0 Å². The number of aromatic nitrogens is 4. The molecule has 0 spiro atoms. The van der Waals surface area contributed by atoms with E-state index < -0.39 is 0 Å². The van der Waals surface area contributed by atoms with Crippen LogP contribution in [0.5, 0.6) is 5.75 Å². The molecule has 0 saturated carbocycles. The molecular weight excluding hydrogens is 332 g/mol. The molecule has 0 amide bonds. The molecule has 0 radical (unpaired) electrons. The second kappa shape index (κ2) is 6.88. The van der Waals surface area contributed by atoms with E-state index in [0.29, 0.717) is 5.25 Å². The van der Waals surface area contributed by atoms with Gasteiger partial charge in [0, 0.05) is 5.25 Å². The van der Waals surface area contributed by atoms with Crippen LogP contribution >= 0.6 is 11.8 Å². The van der Waals surface area contributed by atoms with Gasteiger partial charge in [-0.2, -0.15) is 4.68 Å². The minimum atomic E-state index is 0.380. The molecular formula is C19H20N4OS. The van der Waals surface area contributed by atoms with Crippen molar-refractivity contribution < 1.29 is 4.74 Å². The van der Waals surface area contributed by atoms with E-state index in [9.17, 15) is 0 Å². The number of aryl methyl sites for hydroxylation is 2. The van der Waals surface area contributed by atoms with Crippen molar-refractivity contribution in [1.29, 1.82) is 0 Å². The smallest absolute Gasteiger partial charge is 0.214 e. The highest BCUT2D eigenvalue weighted by Crippen LogP contribution is 2.43. The van der Waals surface area contributed by atoms with Gasteiger partial charge in [0.15, 0.2) is 0 Å². The van der Waals surface area contributed by atoms with Crippen LogP contribution in [0.2, 0.25) is 0 Å². The summed E-state index contributed by atoms with van der Waals surface area (Å²) in [5.74, 6) is 0.767. The number of rotatable bonds is 4. The monoisotopic (exact) mass is 352 g/mol. The summed E-state index contributed by atoms with van der Waals surface area (Å²) in [5, 5.41) is 13.6. The third-order valence-electron chi connectivity index (χ3n) is 4.57. The van der Waals surface area contributed by atoms with Crippen molar-refractivity contribution in [2.24, 2.45) is 0 Å². The number of hydrogen-bond acceptors (Lipinski definition) is 5. The summed E-state index contributed by atoms with van der Waals surface area (Å²) in [6.45, 7) is 2.05. The molecule has 5 nitrogen and oxygen atoms in total. The second-order valence-corrected chi connectivity index (χ2v) is 7.42. The van der Waals surface area contributed by atoms with Gasteiger partial charge in [0.2, 0.25) is 5.16 Å². The summed E-state index contributed by atoms with van der Waals surface area (Å²) >= 11 is 1.73. The van der Waals surface area contributed by atoms with E-state index >= 15 is 0 Å². The summed E-state index contributed by atoms with van der Waals surface area (Å²) < 4.78 is 7.29. The number of hydrogen-bond donors (Lipinski definition) is 0. The molecule has 0 N–H and O–H groups in total. The maximum atomic E-state index is 5.50. The lowest BCUT2D eigenvalue weighted by molar-refractivity contribution is 0.410. The van der Waals surface area contributed by atoms with E-state index in [4.69, 9.17) is 4.74 Å². The predicted molar refractivity (Wildman–Crippen MR) is 98.4 cm³/mol. The van der Waals surface area contributed by atoms with Crippen molar-refractivity contribution in [3.63, 3.8) is 0 Å². The Morgan fingerprint density at radius 2 is 2.08 bits per heavy atom. The van der Waals surface area contributed by atoms with Gasteiger partial charge < -0.3 is 4.74 Å². The van der Waals surface area contributed by atoms with Gasteiger partial charge >= 0.3 is 0 Å². The predicted octanol–water partition coefficient (Wildman–Crippen LogP) is 4.15. The third kappa shape index (κ3) is 3.14. The number of benzene rings is 2. The van der Waals surface area contributed by atoms with E-state index in [1.807, 2.05) is 18.2 Å². The van der Waals surface area contributed by atoms with Crippen molar-refractivity contribution in [2.75, 3.05) is 7.11 Å². The Labute approximate surface area is 151 Å². The largest absolute Gasteiger partial charge is 0.494 e. The lowest BCUT2D eigenvalue weighted by atomic mass is 9.91. The van der Waals surface area contributed by atoms with Gasteiger partial charge in [-0.05, 0) is 65.4 Å². The van der Waals surface area contributed by atoms with Crippen molar-refractivity contribution in [3.05, 3.63) is 59.2 Å². The van der Waals surface area contributed by atoms with E-state index in [-0.39, 0.29) is 0 Å². The number of ether oxygens (including phenoxy) is 1. The second-order valence-electron chi connectivity index (χ2n) is 6.25. The molecule has 0 saturated heterocycles.